The largest absolute Gasteiger partial charge is 0.477 e. The molecule has 4 rings (SSSR count). The molecular formula is C20H23ClN4O5S2. The Kier molecular flexibility index (Phi) is 6.61. The number of likely N-dealkylation sites (N-methyl/N-ethyl adjacent to an activating group) is 1. The van der Waals surface area contributed by atoms with Crippen molar-refractivity contribution < 1.29 is 22.7 Å². The van der Waals surface area contributed by atoms with Crippen molar-refractivity contribution in [2.24, 2.45) is 0 Å². The number of amides is 2. The zero-order valence-electron chi connectivity index (χ0n) is 17.4. The second-order valence-corrected chi connectivity index (χ2v) is 11.3. The zero-order chi connectivity index (χ0) is 22.9. The standard InChI is InChI=1S/C20H23ClN4O5S2/c1-22-20(27)16-12-24(14-4-2-3-5-15(14)30-16)13-18(26)23-8-10-25(11-9-23)32(28,29)19-7-6-17(21)31-19/h2-7,16H,8-13H2,1H3,(H,22,27). The van der Waals surface area contributed by atoms with Gasteiger partial charge in [-0.2, -0.15) is 4.31 Å². The van der Waals surface area contributed by atoms with Crippen LogP contribution < -0.4 is 15.0 Å². The van der Waals surface area contributed by atoms with E-state index in [1.807, 2.05) is 23.1 Å². The van der Waals surface area contributed by atoms with Crippen LogP contribution in [0.5, 0.6) is 5.75 Å². The number of benzene rings is 1. The maximum absolute atomic E-state index is 13.0. The molecule has 1 saturated heterocycles. The number of halogens is 1. The fraction of sp³-hybridized carbons (Fsp3) is 0.400. The number of hydrogen-bond donors (Lipinski definition) is 1. The maximum atomic E-state index is 13.0. The summed E-state index contributed by atoms with van der Waals surface area (Å²) in [6.45, 7) is 1.33. The summed E-state index contributed by atoms with van der Waals surface area (Å²) in [6.07, 6.45) is -0.720. The summed E-state index contributed by atoms with van der Waals surface area (Å²) in [5, 5.41) is 2.58. The first-order chi connectivity index (χ1) is 15.3. The molecule has 3 heterocycles. The number of para-hydroxylation sites is 2. The van der Waals surface area contributed by atoms with E-state index in [2.05, 4.69) is 5.32 Å². The normalized spacial score (nSPS) is 19.2. The zero-order valence-corrected chi connectivity index (χ0v) is 19.8. The summed E-state index contributed by atoms with van der Waals surface area (Å²) < 4.78 is 33.3. The van der Waals surface area contributed by atoms with E-state index < -0.39 is 16.1 Å². The molecule has 1 atom stereocenters. The third kappa shape index (κ3) is 4.56. The van der Waals surface area contributed by atoms with E-state index in [-0.39, 0.29) is 42.2 Å². The number of anilines is 1. The van der Waals surface area contributed by atoms with Gasteiger partial charge in [0.15, 0.2) is 6.10 Å². The minimum absolute atomic E-state index is 0.0706. The van der Waals surface area contributed by atoms with E-state index in [0.29, 0.717) is 23.2 Å². The van der Waals surface area contributed by atoms with Gasteiger partial charge in [0.05, 0.1) is 23.1 Å². The Labute approximate surface area is 195 Å². The Balaban J connectivity index is 1.41. The number of rotatable bonds is 5. The number of hydrogen-bond acceptors (Lipinski definition) is 7. The second-order valence-electron chi connectivity index (χ2n) is 7.41. The minimum Gasteiger partial charge on any atom is -0.477 e. The van der Waals surface area contributed by atoms with Crippen LogP contribution in [0, 0.1) is 0 Å². The highest BCUT2D eigenvalue weighted by Gasteiger charge is 2.34. The van der Waals surface area contributed by atoms with Gasteiger partial charge in [-0.05, 0) is 24.3 Å². The van der Waals surface area contributed by atoms with Crippen molar-refractivity contribution in [2.45, 2.75) is 10.3 Å². The summed E-state index contributed by atoms with van der Waals surface area (Å²) in [4.78, 5) is 28.6. The lowest BCUT2D eigenvalue weighted by molar-refractivity contribution is -0.131. The molecule has 1 aromatic carbocycles. The SMILES string of the molecule is CNC(=O)C1CN(CC(=O)N2CCN(S(=O)(=O)c3ccc(Cl)s3)CC2)c2ccccc2O1. The van der Waals surface area contributed by atoms with Gasteiger partial charge in [-0.15, -0.1) is 11.3 Å². The van der Waals surface area contributed by atoms with Crippen molar-refractivity contribution in [3.8, 4) is 5.75 Å². The average Bonchev–Trinajstić information content (AvgIpc) is 3.25. The Morgan fingerprint density at radius 3 is 2.53 bits per heavy atom. The summed E-state index contributed by atoms with van der Waals surface area (Å²) in [7, 11) is -2.08. The van der Waals surface area contributed by atoms with Crippen molar-refractivity contribution in [1.29, 1.82) is 0 Å². The molecule has 2 aromatic rings. The number of carbonyl (C=O) groups is 2. The lowest BCUT2D eigenvalue weighted by Gasteiger charge is -2.38. The fourth-order valence-corrected chi connectivity index (χ4v) is 6.82. The number of nitrogens with zero attached hydrogens (tertiary/aromatic N) is 3. The first kappa shape index (κ1) is 22.8. The van der Waals surface area contributed by atoms with E-state index in [0.717, 1.165) is 17.0 Å². The molecule has 32 heavy (non-hydrogen) atoms. The quantitative estimate of drug-likeness (QED) is 0.666. The van der Waals surface area contributed by atoms with Crippen LogP contribution >= 0.6 is 22.9 Å². The molecule has 0 bridgehead atoms. The van der Waals surface area contributed by atoms with Gasteiger partial charge >= 0.3 is 0 Å². The van der Waals surface area contributed by atoms with Crippen molar-refractivity contribution >= 4 is 50.5 Å². The lowest BCUT2D eigenvalue weighted by atomic mass is 10.1. The Morgan fingerprint density at radius 1 is 1.16 bits per heavy atom. The van der Waals surface area contributed by atoms with E-state index in [9.17, 15) is 18.0 Å². The predicted octanol–water partition coefficient (Wildman–Crippen LogP) is 1.25. The molecule has 2 amide bonds. The molecule has 0 spiro atoms. The number of thiophene rings is 1. The van der Waals surface area contributed by atoms with Gasteiger partial charge in [-0.3, -0.25) is 9.59 Å². The van der Waals surface area contributed by atoms with E-state index >= 15 is 0 Å². The summed E-state index contributed by atoms with van der Waals surface area (Å²) in [6, 6.07) is 10.3. The van der Waals surface area contributed by atoms with Gasteiger partial charge in [-0.1, -0.05) is 23.7 Å². The number of fused-ring (bicyclic) bond motifs is 1. The van der Waals surface area contributed by atoms with Gasteiger partial charge in [0.2, 0.25) is 5.91 Å². The van der Waals surface area contributed by atoms with E-state index in [1.54, 1.807) is 24.1 Å². The first-order valence-corrected chi connectivity index (χ1v) is 12.7. The molecule has 1 N–H and O–H groups in total. The summed E-state index contributed by atoms with van der Waals surface area (Å²) >= 11 is 6.90. The molecule has 1 fully saturated rings. The van der Waals surface area contributed by atoms with Crippen LogP contribution in [0.1, 0.15) is 0 Å². The summed E-state index contributed by atoms with van der Waals surface area (Å²) in [5.74, 6) is 0.156. The van der Waals surface area contributed by atoms with Gasteiger partial charge in [0.25, 0.3) is 15.9 Å². The highest BCUT2D eigenvalue weighted by Crippen LogP contribution is 2.33. The van der Waals surface area contributed by atoms with Crippen molar-refractivity contribution in [3.05, 3.63) is 40.7 Å². The van der Waals surface area contributed by atoms with Crippen molar-refractivity contribution in [3.63, 3.8) is 0 Å². The highest BCUT2D eigenvalue weighted by atomic mass is 35.5. The molecule has 1 unspecified atom stereocenters. The average molecular weight is 499 g/mol. The first-order valence-electron chi connectivity index (χ1n) is 10.0. The van der Waals surface area contributed by atoms with Gasteiger partial charge < -0.3 is 19.9 Å². The highest BCUT2D eigenvalue weighted by molar-refractivity contribution is 7.91. The molecular weight excluding hydrogens is 476 g/mol. The topological polar surface area (TPSA) is 99.3 Å². The smallest absolute Gasteiger partial charge is 0.262 e. The molecule has 0 radical (unpaired) electrons. The molecule has 0 saturated carbocycles. The van der Waals surface area contributed by atoms with Gasteiger partial charge in [-0.25, -0.2) is 8.42 Å². The molecule has 2 aliphatic heterocycles. The number of piperazine rings is 1. The van der Waals surface area contributed by atoms with Crippen LogP contribution in [0.3, 0.4) is 0 Å². The van der Waals surface area contributed by atoms with Crippen LogP contribution in [0.2, 0.25) is 4.34 Å². The van der Waals surface area contributed by atoms with E-state index in [1.165, 1.54) is 10.4 Å². The Morgan fingerprint density at radius 2 is 1.88 bits per heavy atom. The monoisotopic (exact) mass is 498 g/mol. The Hall–Kier alpha value is -2.34. The molecule has 12 heteroatoms. The number of carbonyl (C=O) groups excluding carboxylic acids is 2. The van der Waals surface area contributed by atoms with Crippen LogP contribution in [0.25, 0.3) is 0 Å². The van der Waals surface area contributed by atoms with Crippen LogP contribution in [0.4, 0.5) is 5.69 Å². The van der Waals surface area contributed by atoms with Crippen LogP contribution in [0.15, 0.2) is 40.6 Å². The van der Waals surface area contributed by atoms with Crippen LogP contribution in [-0.4, -0.2) is 81.9 Å². The molecule has 1 aromatic heterocycles. The third-order valence-electron chi connectivity index (χ3n) is 5.46. The van der Waals surface area contributed by atoms with Crippen LogP contribution in [-0.2, 0) is 19.6 Å². The second kappa shape index (κ2) is 9.26. The van der Waals surface area contributed by atoms with Crippen molar-refractivity contribution in [2.75, 3.05) is 51.2 Å². The van der Waals surface area contributed by atoms with Gasteiger partial charge in [0, 0.05) is 33.2 Å². The predicted molar refractivity (Wildman–Crippen MR) is 122 cm³/mol. The molecule has 9 nitrogen and oxygen atoms in total. The van der Waals surface area contributed by atoms with Gasteiger partial charge in [0.1, 0.15) is 9.96 Å². The Bertz CT molecular complexity index is 1110. The fourth-order valence-electron chi connectivity index (χ4n) is 3.76. The van der Waals surface area contributed by atoms with Crippen molar-refractivity contribution in [1.82, 2.24) is 14.5 Å². The summed E-state index contributed by atoms with van der Waals surface area (Å²) in [5.41, 5.74) is 0.747. The molecule has 0 aliphatic carbocycles. The maximum Gasteiger partial charge on any atom is 0.262 e. The number of sulfonamides is 1. The molecule has 2 aliphatic rings. The number of nitrogens with one attached hydrogen (secondary N) is 1. The lowest BCUT2D eigenvalue weighted by Crippen LogP contribution is -2.54. The molecule has 172 valence electrons. The third-order valence-corrected chi connectivity index (χ3v) is 9.06. The van der Waals surface area contributed by atoms with E-state index in [4.69, 9.17) is 16.3 Å². The minimum atomic E-state index is -3.62. The number of ether oxygens (including phenoxy) is 1.